The van der Waals surface area contributed by atoms with Gasteiger partial charge in [0.1, 0.15) is 0 Å². The molecule has 1 aliphatic carbocycles. The summed E-state index contributed by atoms with van der Waals surface area (Å²) in [5, 5.41) is 3.20. The SMILES string of the molecule is C[C@@H]1CN(c2ncc(C(F)(F)F)cn2)C[C@H](C)N1C(=O)NC1CC2(C1)CN(Cc1ccc(Cl)s1)C2. The minimum Gasteiger partial charge on any atom is -0.337 e. The third-order valence-electron chi connectivity index (χ3n) is 7.21. The summed E-state index contributed by atoms with van der Waals surface area (Å²) < 4.78 is 39.2. The summed E-state index contributed by atoms with van der Waals surface area (Å²) in [7, 11) is 0. The van der Waals surface area contributed by atoms with Crippen LogP contribution in [0.5, 0.6) is 0 Å². The molecule has 1 saturated carbocycles. The van der Waals surface area contributed by atoms with Gasteiger partial charge in [0.05, 0.1) is 9.90 Å². The maximum absolute atomic E-state index is 13.1. The average molecular weight is 529 g/mol. The zero-order valence-corrected chi connectivity index (χ0v) is 21.1. The van der Waals surface area contributed by atoms with E-state index in [9.17, 15) is 18.0 Å². The van der Waals surface area contributed by atoms with E-state index in [0.717, 1.165) is 49.2 Å². The lowest BCUT2D eigenvalue weighted by Gasteiger charge is -2.59. The fraction of sp³-hybridized carbons (Fsp3) is 0.609. The molecule has 7 nitrogen and oxygen atoms in total. The number of nitrogens with one attached hydrogen (secondary N) is 1. The maximum Gasteiger partial charge on any atom is 0.419 e. The summed E-state index contributed by atoms with van der Waals surface area (Å²) in [6, 6.07) is 3.85. The van der Waals surface area contributed by atoms with Crippen LogP contribution < -0.4 is 10.2 Å². The van der Waals surface area contributed by atoms with Crippen molar-refractivity contribution in [2.24, 2.45) is 5.41 Å². The van der Waals surface area contributed by atoms with Gasteiger partial charge in [0.25, 0.3) is 0 Å². The topological polar surface area (TPSA) is 64.6 Å². The van der Waals surface area contributed by atoms with Gasteiger partial charge in [0.15, 0.2) is 0 Å². The third kappa shape index (κ3) is 5.08. The number of aromatic nitrogens is 2. The molecule has 1 spiro atoms. The quantitative estimate of drug-likeness (QED) is 0.634. The van der Waals surface area contributed by atoms with Crippen molar-refractivity contribution in [3.63, 3.8) is 0 Å². The van der Waals surface area contributed by atoms with Crippen LogP contribution in [0, 0.1) is 5.41 Å². The molecule has 2 atom stereocenters. The number of urea groups is 1. The van der Waals surface area contributed by atoms with Crippen molar-refractivity contribution in [2.45, 2.75) is 57.5 Å². The first kappa shape index (κ1) is 24.6. The number of nitrogens with zero attached hydrogens (tertiary/aromatic N) is 5. The van der Waals surface area contributed by atoms with Gasteiger partial charge in [-0.25, -0.2) is 14.8 Å². The predicted octanol–water partition coefficient (Wildman–Crippen LogP) is 4.48. The number of hydrogen-bond donors (Lipinski definition) is 1. The average Bonchev–Trinajstić information content (AvgIpc) is 3.14. The standard InChI is InChI=1S/C23H28ClF3N6OS/c1-14-9-32(20-28-7-16(8-29-20)23(25,26)27)10-15(2)33(14)21(34)30-17-5-22(6-17)12-31(13-22)11-18-3-4-19(24)35-18/h3-4,7-8,14-15,17H,5-6,9-13H2,1-2H3,(H,30,34)/t14-,15+. The Hall–Kier alpha value is -2.11. The van der Waals surface area contributed by atoms with Crippen LogP contribution in [-0.2, 0) is 12.7 Å². The molecule has 12 heteroatoms. The van der Waals surface area contributed by atoms with Gasteiger partial charge in [-0.15, -0.1) is 11.3 Å². The largest absolute Gasteiger partial charge is 0.419 e. The predicted molar refractivity (Wildman–Crippen MR) is 129 cm³/mol. The smallest absolute Gasteiger partial charge is 0.337 e. The van der Waals surface area contributed by atoms with Crippen LogP contribution in [0.1, 0.15) is 37.1 Å². The molecule has 2 aromatic rings. The van der Waals surface area contributed by atoms with Gasteiger partial charge in [-0.2, -0.15) is 13.2 Å². The minimum absolute atomic E-state index is 0.0813. The first-order chi connectivity index (χ1) is 16.5. The minimum atomic E-state index is -4.47. The highest BCUT2D eigenvalue weighted by Crippen LogP contribution is 2.49. The van der Waals surface area contributed by atoms with E-state index >= 15 is 0 Å². The molecule has 35 heavy (non-hydrogen) atoms. The summed E-state index contributed by atoms with van der Waals surface area (Å²) in [5.41, 5.74) is -0.557. The molecule has 1 N–H and O–H groups in total. The van der Waals surface area contributed by atoms with Crippen molar-refractivity contribution in [1.82, 2.24) is 25.1 Å². The van der Waals surface area contributed by atoms with E-state index in [4.69, 9.17) is 11.6 Å². The Balaban J connectivity index is 1.09. The van der Waals surface area contributed by atoms with Crippen LogP contribution in [-0.4, -0.2) is 70.1 Å². The molecular weight excluding hydrogens is 501 g/mol. The molecule has 0 unspecified atom stereocenters. The molecule has 0 aromatic carbocycles. The zero-order chi connectivity index (χ0) is 25.0. The van der Waals surface area contributed by atoms with Crippen LogP contribution >= 0.6 is 22.9 Å². The number of likely N-dealkylation sites (tertiary alicyclic amines) is 1. The van der Waals surface area contributed by atoms with Crippen LogP contribution in [0.15, 0.2) is 24.5 Å². The highest BCUT2D eigenvalue weighted by molar-refractivity contribution is 7.16. The van der Waals surface area contributed by atoms with Crippen molar-refractivity contribution in [3.05, 3.63) is 39.3 Å². The number of halogens is 4. The van der Waals surface area contributed by atoms with Gasteiger partial charge in [-0.1, -0.05) is 11.6 Å². The molecule has 4 heterocycles. The number of hydrogen-bond acceptors (Lipinski definition) is 6. The second kappa shape index (κ2) is 9.08. The number of rotatable bonds is 4. The number of carbonyl (C=O) groups is 1. The highest BCUT2D eigenvalue weighted by Gasteiger charge is 2.53. The fourth-order valence-corrected chi connectivity index (χ4v) is 6.91. The maximum atomic E-state index is 13.1. The molecular formula is C23H28ClF3N6OS. The monoisotopic (exact) mass is 528 g/mol. The Labute approximate surface area is 211 Å². The lowest BCUT2D eigenvalue weighted by atomic mass is 9.60. The lowest BCUT2D eigenvalue weighted by Crippen LogP contribution is -2.68. The number of thiophene rings is 1. The zero-order valence-electron chi connectivity index (χ0n) is 19.6. The van der Waals surface area contributed by atoms with Crippen molar-refractivity contribution < 1.29 is 18.0 Å². The van der Waals surface area contributed by atoms with Gasteiger partial charge in [-0.3, -0.25) is 4.90 Å². The summed E-state index contributed by atoms with van der Waals surface area (Å²) >= 11 is 7.64. The van der Waals surface area contributed by atoms with Crippen molar-refractivity contribution in [1.29, 1.82) is 0 Å². The van der Waals surface area contributed by atoms with Crippen LogP contribution in [0.4, 0.5) is 23.9 Å². The van der Waals surface area contributed by atoms with E-state index in [1.807, 2.05) is 29.7 Å². The second-order valence-electron chi connectivity index (χ2n) is 10.2. The van der Waals surface area contributed by atoms with Crippen LogP contribution in [0.2, 0.25) is 4.34 Å². The molecule has 2 amide bonds. The first-order valence-corrected chi connectivity index (χ1v) is 12.9. The molecule has 190 valence electrons. The fourth-order valence-electron chi connectivity index (χ4n) is 5.78. The Morgan fingerprint density at radius 1 is 1.17 bits per heavy atom. The first-order valence-electron chi connectivity index (χ1n) is 11.7. The summed E-state index contributed by atoms with van der Waals surface area (Å²) in [4.78, 5) is 28.2. The van der Waals surface area contributed by atoms with Gasteiger partial charge < -0.3 is 15.1 Å². The number of piperazine rings is 1. The van der Waals surface area contributed by atoms with Crippen LogP contribution in [0.25, 0.3) is 0 Å². The summed E-state index contributed by atoms with van der Waals surface area (Å²) in [5.74, 6) is 0.247. The van der Waals surface area contributed by atoms with Gasteiger partial charge in [0, 0.05) is 68.1 Å². The molecule has 2 saturated heterocycles. The third-order valence-corrected chi connectivity index (χ3v) is 8.43. The van der Waals surface area contributed by atoms with E-state index in [1.54, 1.807) is 11.3 Å². The number of anilines is 1. The summed E-state index contributed by atoms with van der Waals surface area (Å²) in [6.45, 7) is 7.82. The number of alkyl halides is 3. The lowest BCUT2D eigenvalue weighted by molar-refractivity contribution is -0.138. The Bertz CT molecular complexity index is 1050. The van der Waals surface area contributed by atoms with Gasteiger partial charge in [0.2, 0.25) is 5.95 Å². The van der Waals surface area contributed by atoms with Crippen LogP contribution in [0.3, 0.4) is 0 Å². The van der Waals surface area contributed by atoms with Crippen molar-refractivity contribution >= 4 is 34.9 Å². The van der Waals surface area contributed by atoms with E-state index in [2.05, 4.69) is 26.3 Å². The molecule has 0 bridgehead atoms. The Morgan fingerprint density at radius 3 is 2.34 bits per heavy atom. The van der Waals surface area contributed by atoms with Gasteiger partial charge in [-0.05, 0) is 44.2 Å². The second-order valence-corrected chi connectivity index (χ2v) is 12.0. The van der Waals surface area contributed by atoms with E-state index in [0.29, 0.717) is 18.5 Å². The van der Waals surface area contributed by atoms with E-state index in [-0.39, 0.29) is 30.1 Å². The van der Waals surface area contributed by atoms with Gasteiger partial charge >= 0.3 is 12.2 Å². The molecule has 5 rings (SSSR count). The molecule has 2 aliphatic heterocycles. The van der Waals surface area contributed by atoms with E-state index in [1.165, 1.54) is 4.88 Å². The Morgan fingerprint density at radius 2 is 1.80 bits per heavy atom. The molecule has 0 radical (unpaired) electrons. The molecule has 2 aromatic heterocycles. The Kier molecular flexibility index (Phi) is 6.38. The van der Waals surface area contributed by atoms with Crippen molar-refractivity contribution in [2.75, 3.05) is 31.1 Å². The normalized spacial score (nSPS) is 24.9. The summed E-state index contributed by atoms with van der Waals surface area (Å²) in [6.07, 6.45) is -0.877. The number of amides is 2. The highest BCUT2D eigenvalue weighted by atomic mass is 35.5. The van der Waals surface area contributed by atoms with Crippen molar-refractivity contribution in [3.8, 4) is 0 Å². The molecule has 3 fully saturated rings. The molecule has 3 aliphatic rings. The number of carbonyl (C=O) groups excluding carboxylic acids is 1. The van der Waals surface area contributed by atoms with E-state index < -0.39 is 11.7 Å².